The normalized spacial score (nSPS) is 10.6. The lowest BCUT2D eigenvalue weighted by atomic mass is 10.1. The third-order valence-corrected chi connectivity index (χ3v) is 4.49. The molecule has 0 radical (unpaired) electrons. The minimum Gasteiger partial charge on any atom is -0.451 e. The molecule has 3 N–H and O–H groups in total. The minimum atomic E-state index is -0.671. The number of nitrogens with one attached hydrogen (secondary N) is 1. The zero-order valence-electron chi connectivity index (χ0n) is 10.5. The summed E-state index contributed by atoms with van der Waals surface area (Å²) >= 11 is 6.55. The van der Waals surface area contributed by atoms with Crippen molar-refractivity contribution >= 4 is 43.5 Å². The van der Waals surface area contributed by atoms with Crippen LogP contribution in [0.4, 0.5) is 10.1 Å². The first kappa shape index (κ1) is 15.1. The molecule has 0 saturated heterocycles. The number of carbonyl (C=O) groups excluding carboxylic acids is 1. The number of primary amides is 1. The molecule has 0 unspecified atom stereocenters. The molecule has 0 fully saturated rings. The summed E-state index contributed by atoms with van der Waals surface area (Å²) in [6.45, 7) is 1.98. The predicted molar refractivity (Wildman–Crippen MR) is 81.1 cm³/mol. The van der Waals surface area contributed by atoms with E-state index in [2.05, 4.69) is 37.2 Å². The Morgan fingerprint density at radius 3 is 2.65 bits per heavy atom. The van der Waals surface area contributed by atoms with Crippen LogP contribution in [0.1, 0.15) is 21.7 Å². The van der Waals surface area contributed by atoms with Crippen molar-refractivity contribution < 1.29 is 13.6 Å². The molecule has 2 aromatic rings. The molecule has 7 heteroatoms. The summed E-state index contributed by atoms with van der Waals surface area (Å²) in [5.74, 6) is -0.492. The SMILES string of the molecule is Cc1c(F)cc(C(N)=O)cc1NCc1cc(Br)c(Br)o1. The lowest BCUT2D eigenvalue weighted by Crippen LogP contribution is -2.13. The molecule has 1 aromatic carbocycles. The summed E-state index contributed by atoms with van der Waals surface area (Å²) in [5.41, 5.74) is 6.21. The van der Waals surface area contributed by atoms with E-state index in [0.29, 0.717) is 28.2 Å². The van der Waals surface area contributed by atoms with Crippen LogP contribution >= 0.6 is 31.9 Å². The van der Waals surface area contributed by atoms with Crippen LogP contribution in [0.2, 0.25) is 0 Å². The van der Waals surface area contributed by atoms with Crippen molar-refractivity contribution in [2.75, 3.05) is 5.32 Å². The standard InChI is InChI=1S/C13H11Br2FN2O2/c1-6-10(16)2-7(13(17)19)3-11(6)18-5-8-4-9(14)12(15)20-8/h2-4,18H,5H2,1H3,(H2,17,19). The predicted octanol–water partition coefficient (Wildman–Crippen LogP) is 3.96. The highest BCUT2D eigenvalue weighted by Gasteiger charge is 2.11. The molecule has 1 aromatic heterocycles. The molecule has 0 aliphatic carbocycles. The Morgan fingerprint density at radius 1 is 1.40 bits per heavy atom. The quantitative estimate of drug-likeness (QED) is 0.808. The van der Waals surface area contributed by atoms with Crippen LogP contribution < -0.4 is 11.1 Å². The molecule has 0 aliphatic rings. The van der Waals surface area contributed by atoms with Gasteiger partial charge in [-0.2, -0.15) is 0 Å². The number of nitrogens with two attached hydrogens (primary N) is 1. The number of benzene rings is 1. The molecule has 1 heterocycles. The van der Waals surface area contributed by atoms with E-state index < -0.39 is 11.7 Å². The van der Waals surface area contributed by atoms with E-state index in [-0.39, 0.29) is 5.56 Å². The van der Waals surface area contributed by atoms with Gasteiger partial charge in [0.15, 0.2) is 4.67 Å². The Kier molecular flexibility index (Phi) is 4.49. The average Bonchev–Trinajstić information content (AvgIpc) is 2.70. The van der Waals surface area contributed by atoms with Crippen LogP contribution in [0.15, 0.2) is 31.8 Å². The van der Waals surface area contributed by atoms with E-state index in [1.807, 2.05) is 0 Å². The highest BCUT2D eigenvalue weighted by Crippen LogP contribution is 2.28. The highest BCUT2D eigenvalue weighted by molar-refractivity contribution is 9.13. The second-order valence-electron chi connectivity index (χ2n) is 4.18. The van der Waals surface area contributed by atoms with Gasteiger partial charge in [0.1, 0.15) is 11.6 Å². The zero-order valence-corrected chi connectivity index (χ0v) is 13.6. The zero-order chi connectivity index (χ0) is 14.9. The number of halogens is 3. The van der Waals surface area contributed by atoms with E-state index >= 15 is 0 Å². The summed E-state index contributed by atoms with van der Waals surface area (Å²) in [4.78, 5) is 11.1. The molecule has 4 nitrogen and oxygen atoms in total. The van der Waals surface area contributed by atoms with Crippen molar-refractivity contribution in [2.24, 2.45) is 5.73 Å². The number of amides is 1. The van der Waals surface area contributed by atoms with Crippen molar-refractivity contribution in [2.45, 2.75) is 13.5 Å². The van der Waals surface area contributed by atoms with E-state index in [0.717, 1.165) is 10.5 Å². The fraction of sp³-hybridized carbons (Fsp3) is 0.154. The fourth-order valence-electron chi connectivity index (χ4n) is 1.67. The van der Waals surface area contributed by atoms with Gasteiger partial charge in [0.05, 0.1) is 11.0 Å². The highest BCUT2D eigenvalue weighted by atomic mass is 79.9. The minimum absolute atomic E-state index is 0.123. The van der Waals surface area contributed by atoms with Gasteiger partial charge < -0.3 is 15.5 Å². The molecular weight excluding hydrogens is 395 g/mol. The lowest BCUT2D eigenvalue weighted by molar-refractivity contribution is 0.1000. The summed E-state index contributed by atoms with van der Waals surface area (Å²) in [6, 6.07) is 4.44. The molecule has 0 atom stereocenters. The Morgan fingerprint density at radius 2 is 2.10 bits per heavy atom. The summed E-state index contributed by atoms with van der Waals surface area (Å²) in [6.07, 6.45) is 0. The number of hydrogen-bond donors (Lipinski definition) is 2. The number of carbonyl (C=O) groups is 1. The summed E-state index contributed by atoms with van der Waals surface area (Å²) in [7, 11) is 0. The van der Waals surface area contributed by atoms with Gasteiger partial charge in [0.25, 0.3) is 0 Å². The molecule has 0 saturated carbocycles. The van der Waals surface area contributed by atoms with Crippen molar-refractivity contribution in [1.82, 2.24) is 0 Å². The van der Waals surface area contributed by atoms with Gasteiger partial charge in [0.2, 0.25) is 5.91 Å². The Bertz CT molecular complexity index is 651. The molecular formula is C13H11Br2FN2O2. The Labute approximate surface area is 131 Å². The summed E-state index contributed by atoms with van der Waals surface area (Å²) in [5, 5.41) is 3.02. The van der Waals surface area contributed by atoms with Crippen molar-refractivity contribution in [3.05, 3.63) is 50.0 Å². The second-order valence-corrected chi connectivity index (χ2v) is 5.76. The van der Waals surface area contributed by atoms with Gasteiger partial charge in [-0.15, -0.1) is 0 Å². The van der Waals surface area contributed by atoms with Gasteiger partial charge >= 0.3 is 0 Å². The van der Waals surface area contributed by atoms with Gasteiger partial charge in [0, 0.05) is 16.8 Å². The van der Waals surface area contributed by atoms with Crippen LogP contribution in [0, 0.1) is 12.7 Å². The van der Waals surface area contributed by atoms with Gasteiger partial charge in [-0.05, 0) is 57.0 Å². The fourth-order valence-corrected chi connectivity index (χ4v) is 2.32. The van der Waals surface area contributed by atoms with Gasteiger partial charge in [-0.25, -0.2) is 4.39 Å². The van der Waals surface area contributed by atoms with E-state index in [4.69, 9.17) is 10.2 Å². The maximum Gasteiger partial charge on any atom is 0.248 e. The first-order chi connectivity index (χ1) is 9.38. The van der Waals surface area contributed by atoms with Crippen LogP contribution in [-0.2, 0) is 6.54 Å². The van der Waals surface area contributed by atoms with Crippen LogP contribution in [-0.4, -0.2) is 5.91 Å². The van der Waals surface area contributed by atoms with Crippen LogP contribution in [0.5, 0.6) is 0 Å². The van der Waals surface area contributed by atoms with Crippen molar-refractivity contribution in [1.29, 1.82) is 0 Å². The molecule has 20 heavy (non-hydrogen) atoms. The molecule has 106 valence electrons. The third-order valence-electron chi connectivity index (χ3n) is 2.78. The number of anilines is 1. The average molecular weight is 406 g/mol. The van der Waals surface area contributed by atoms with Gasteiger partial charge in [-0.3, -0.25) is 4.79 Å². The first-order valence-corrected chi connectivity index (χ1v) is 7.24. The Hall–Kier alpha value is -1.34. The smallest absolute Gasteiger partial charge is 0.248 e. The van der Waals surface area contributed by atoms with E-state index in [9.17, 15) is 9.18 Å². The number of furan rings is 1. The second kappa shape index (κ2) is 5.97. The molecule has 0 spiro atoms. The molecule has 0 bridgehead atoms. The molecule has 0 aliphatic heterocycles. The molecule has 2 rings (SSSR count). The van der Waals surface area contributed by atoms with Crippen molar-refractivity contribution in [3.63, 3.8) is 0 Å². The monoisotopic (exact) mass is 404 g/mol. The number of hydrogen-bond acceptors (Lipinski definition) is 3. The van der Waals surface area contributed by atoms with Crippen LogP contribution in [0.25, 0.3) is 0 Å². The summed E-state index contributed by atoms with van der Waals surface area (Å²) < 4.78 is 20.5. The Balaban J connectivity index is 2.22. The number of rotatable bonds is 4. The topological polar surface area (TPSA) is 68.3 Å². The molecule has 1 amide bonds. The first-order valence-electron chi connectivity index (χ1n) is 5.66. The van der Waals surface area contributed by atoms with E-state index in [1.165, 1.54) is 6.07 Å². The van der Waals surface area contributed by atoms with Crippen LogP contribution in [0.3, 0.4) is 0 Å². The largest absolute Gasteiger partial charge is 0.451 e. The maximum absolute atomic E-state index is 13.7. The lowest BCUT2D eigenvalue weighted by Gasteiger charge is -2.10. The third kappa shape index (κ3) is 3.21. The van der Waals surface area contributed by atoms with Crippen molar-refractivity contribution in [3.8, 4) is 0 Å². The van der Waals surface area contributed by atoms with E-state index in [1.54, 1.807) is 13.0 Å². The van der Waals surface area contributed by atoms with Gasteiger partial charge in [-0.1, -0.05) is 0 Å². The maximum atomic E-state index is 13.7.